The maximum atomic E-state index is 5.44. The maximum absolute atomic E-state index is 5.44. The number of aromatic amines is 1. The van der Waals surface area contributed by atoms with Gasteiger partial charge in [-0.1, -0.05) is 6.92 Å². The van der Waals surface area contributed by atoms with Crippen molar-refractivity contribution in [2.24, 2.45) is 0 Å². The SMILES string of the molecule is Cc1nc2c3c4c(sc3n3c(=S)[nH]nc3n2n1)CCCC4C. The van der Waals surface area contributed by atoms with Crippen LogP contribution >= 0.6 is 23.6 Å². The third kappa shape index (κ3) is 1.44. The van der Waals surface area contributed by atoms with Crippen LogP contribution in [0.1, 0.15) is 41.9 Å². The molecule has 5 rings (SSSR count). The summed E-state index contributed by atoms with van der Waals surface area (Å²) in [6.07, 6.45) is 3.63. The Morgan fingerprint density at radius 3 is 3.14 bits per heavy atom. The van der Waals surface area contributed by atoms with Gasteiger partial charge in [0.1, 0.15) is 10.7 Å². The fourth-order valence-electron chi connectivity index (χ4n) is 3.60. The van der Waals surface area contributed by atoms with Crippen molar-refractivity contribution < 1.29 is 0 Å². The van der Waals surface area contributed by atoms with Crippen LogP contribution in [-0.2, 0) is 6.42 Å². The van der Waals surface area contributed by atoms with Crippen LogP contribution < -0.4 is 0 Å². The second kappa shape index (κ2) is 4.14. The summed E-state index contributed by atoms with van der Waals surface area (Å²) in [4.78, 5) is 7.28. The molecule has 4 heterocycles. The minimum atomic E-state index is 0.553. The Morgan fingerprint density at radius 2 is 2.27 bits per heavy atom. The molecular formula is C14H14N6S2. The van der Waals surface area contributed by atoms with Crippen molar-refractivity contribution in [1.29, 1.82) is 0 Å². The van der Waals surface area contributed by atoms with Crippen molar-refractivity contribution in [3.63, 3.8) is 0 Å². The molecule has 0 fully saturated rings. The summed E-state index contributed by atoms with van der Waals surface area (Å²) < 4.78 is 4.43. The van der Waals surface area contributed by atoms with Gasteiger partial charge in [0.15, 0.2) is 5.65 Å². The molecule has 1 aliphatic carbocycles. The number of aromatic nitrogens is 6. The first-order chi connectivity index (χ1) is 10.6. The maximum Gasteiger partial charge on any atom is 0.257 e. The van der Waals surface area contributed by atoms with Crippen LogP contribution in [0.3, 0.4) is 0 Å². The monoisotopic (exact) mass is 330 g/mol. The van der Waals surface area contributed by atoms with Crippen LogP contribution in [0.2, 0.25) is 0 Å². The average Bonchev–Trinajstić information content (AvgIpc) is 3.13. The first-order valence-corrected chi connectivity index (χ1v) is 8.65. The van der Waals surface area contributed by atoms with E-state index in [1.165, 1.54) is 28.7 Å². The lowest BCUT2D eigenvalue weighted by Gasteiger charge is -2.18. The normalized spacial score (nSPS) is 18.5. The van der Waals surface area contributed by atoms with Crippen molar-refractivity contribution in [3.8, 4) is 0 Å². The number of hydrogen-bond acceptors (Lipinski definition) is 5. The molecule has 0 spiro atoms. The van der Waals surface area contributed by atoms with Gasteiger partial charge in [0.25, 0.3) is 5.78 Å². The Kier molecular flexibility index (Phi) is 2.39. The molecule has 0 aliphatic heterocycles. The quantitative estimate of drug-likeness (QED) is 0.502. The number of H-pyrrole nitrogens is 1. The van der Waals surface area contributed by atoms with E-state index in [2.05, 4.69) is 27.2 Å². The van der Waals surface area contributed by atoms with Gasteiger partial charge in [0.05, 0.1) is 5.39 Å². The van der Waals surface area contributed by atoms with Crippen LogP contribution in [-0.4, -0.2) is 29.2 Å². The highest BCUT2D eigenvalue weighted by Gasteiger charge is 2.27. The second-order valence-electron chi connectivity index (χ2n) is 5.97. The lowest BCUT2D eigenvalue weighted by atomic mass is 9.87. The van der Waals surface area contributed by atoms with E-state index >= 15 is 0 Å². The molecule has 1 aliphatic rings. The van der Waals surface area contributed by atoms with Gasteiger partial charge in [0.2, 0.25) is 4.77 Å². The molecule has 1 N–H and O–H groups in total. The number of hydrogen-bond donors (Lipinski definition) is 1. The third-order valence-electron chi connectivity index (χ3n) is 4.52. The van der Waals surface area contributed by atoms with Crippen molar-refractivity contribution in [3.05, 3.63) is 21.0 Å². The zero-order valence-electron chi connectivity index (χ0n) is 12.3. The minimum Gasteiger partial charge on any atom is -0.249 e. The van der Waals surface area contributed by atoms with E-state index in [4.69, 9.17) is 12.2 Å². The highest BCUT2D eigenvalue weighted by molar-refractivity contribution is 7.71. The minimum absolute atomic E-state index is 0.553. The Bertz CT molecular complexity index is 1110. The van der Waals surface area contributed by atoms with Crippen LogP contribution in [0.15, 0.2) is 0 Å². The number of nitrogens with one attached hydrogen (secondary N) is 1. The molecule has 8 heteroatoms. The number of rotatable bonds is 0. The lowest BCUT2D eigenvalue weighted by molar-refractivity contribution is 0.602. The van der Waals surface area contributed by atoms with E-state index in [1.807, 2.05) is 27.2 Å². The molecule has 4 aromatic rings. The van der Waals surface area contributed by atoms with Gasteiger partial charge in [-0.25, -0.2) is 14.5 Å². The van der Waals surface area contributed by atoms with E-state index < -0.39 is 0 Å². The van der Waals surface area contributed by atoms with Crippen LogP contribution in [0.4, 0.5) is 0 Å². The Balaban J connectivity index is 2.15. The van der Waals surface area contributed by atoms with Crippen molar-refractivity contribution in [2.75, 3.05) is 0 Å². The summed E-state index contributed by atoms with van der Waals surface area (Å²) in [5, 5.41) is 13.0. The molecule has 22 heavy (non-hydrogen) atoms. The number of nitrogens with zero attached hydrogens (tertiary/aromatic N) is 5. The smallest absolute Gasteiger partial charge is 0.249 e. The molecular weight excluding hydrogens is 316 g/mol. The Hall–Kier alpha value is -1.80. The summed E-state index contributed by atoms with van der Waals surface area (Å²) in [7, 11) is 0. The highest BCUT2D eigenvalue weighted by Crippen LogP contribution is 2.43. The Labute approximate surface area is 134 Å². The standard InChI is InChI=1S/C14H14N6S2/c1-6-4-3-5-8-9(6)10-11-15-7(2)18-20(11)13-16-17-14(21)19(13)12(10)22-8/h6H,3-5H2,1-2H3,(H,17,21). The number of thiophene rings is 1. The van der Waals surface area contributed by atoms with E-state index in [9.17, 15) is 0 Å². The Morgan fingerprint density at radius 1 is 1.41 bits per heavy atom. The molecule has 0 saturated carbocycles. The first-order valence-electron chi connectivity index (χ1n) is 7.43. The molecule has 1 unspecified atom stereocenters. The second-order valence-corrected chi connectivity index (χ2v) is 7.44. The van der Waals surface area contributed by atoms with Gasteiger partial charge < -0.3 is 0 Å². The molecule has 1 atom stereocenters. The summed E-state index contributed by atoms with van der Waals surface area (Å²) in [6.45, 7) is 4.22. The summed E-state index contributed by atoms with van der Waals surface area (Å²) in [5.41, 5.74) is 2.34. The van der Waals surface area contributed by atoms with Gasteiger partial charge in [0, 0.05) is 4.88 Å². The van der Waals surface area contributed by atoms with E-state index in [0.29, 0.717) is 16.5 Å². The zero-order chi connectivity index (χ0) is 15.0. The summed E-state index contributed by atoms with van der Waals surface area (Å²) >= 11 is 7.28. The van der Waals surface area contributed by atoms with Gasteiger partial charge >= 0.3 is 0 Å². The van der Waals surface area contributed by atoms with Gasteiger partial charge in [-0.15, -0.1) is 21.5 Å². The predicted molar refractivity (Wildman–Crippen MR) is 88.4 cm³/mol. The lowest BCUT2D eigenvalue weighted by Crippen LogP contribution is -2.05. The third-order valence-corrected chi connectivity index (χ3v) is 6.05. The zero-order valence-corrected chi connectivity index (χ0v) is 13.9. The van der Waals surface area contributed by atoms with Gasteiger partial charge in [-0.2, -0.15) is 4.52 Å². The van der Waals surface area contributed by atoms with E-state index in [0.717, 1.165) is 22.7 Å². The van der Waals surface area contributed by atoms with E-state index in [1.54, 1.807) is 0 Å². The fourth-order valence-corrected chi connectivity index (χ4v) is 5.34. The van der Waals surface area contributed by atoms with Crippen molar-refractivity contribution >= 4 is 45.2 Å². The fraction of sp³-hybridized carbons (Fsp3) is 0.429. The van der Waals surface area contributed by atoms with Crippen molar-refractivity contribution in [2.45, 2.75) is 39.0 Å². The molecule has 112 valence electrons. The first kappa shape index (κ1) is 12.7. The molecule has 4 aromatic heterocycles. The highest BCUT2D eigenvalue weighted by atomic mass is 32.1. The average molecular weight is 330 g/mol. The van der Waals surface area contributed by atoms with Crippen molar-refractivity contribution in [1.82, 2.24) is 29.2 Å². The van der Waals surface area contributed by atoms with Crippen LogP contribution in [0.5, 0.6) is 0 Å². The molecule has 0 aromatic carbocycles. The molecule has 0 amide bonds. The molecule has 6 nitrogen and oxygen atoms in total. The van der Waals surface area contributed by atoms with Gasteiger partial charge in [-0.05, 0) is 49.9 Å². The van der Waals surface area contributed by atoms with Crippen LogP contribution in [0, 0.1) is 11.7 Å². The summed E-state index contributed by atoms with van der Waals surface area (Å²) in [6, 6.07) is 0. The topological polar surface area (TPSA) is 63.3 Å². The largest absolute Gasteiger partial charge is 0.257 e. The number of fused-ring (bicyclic) bond motifs is 8. The predicted octanol–water partition coefficient (Wildman–Crippen LogP) is 3.40. The summed E-state index contributed by atoms with van der Waals surface area (Å²) in [5.74, 6) is 2.02. The molecule has 0 radical (unpaired) electrons. The molecule has 0 saturated heterocycles. The van der Waals surface area contributed by atoms with Gasteiger partial charge in [-0.3, -0.25) is 0 Å². The molecule has 0 bridgehead atoms. The van der Waals surface area contributed by atoms with Crippen LogP contribution in [0.25, 0.3) is 21.6 Å². The number of aryl methyl sites for hydroxylation is 2. The van der Waals surface area contributed by atoms with E-state index in [-0.39, 0.29) is 0 Å².